The van der Waals surface area contributed by atoms with Crippen molar-refractivity contribution in [3.8, 4) is 5.75 Å². The van der Waals surface area contributed by atoms with Gasteiger partial charge in [-0.25, -0.2) is 8.78 Å². The molecule has 0 aliphatic carbocycles. The van der Waals surface area contributed by atoms with Crippen molar-refractivity contribution in [2.45, 2.75) is 12.5 Å². The molecule has 0 aliphatic heterocycles. The van der Waals surface area contributed by atoms with E-state index in [1.54, 1.807) is 24.3 Å². The fraction of sp³-hybridized carbons (Fsp3) is 0.200. The van der Waals surface area contributed by atoms with Gasteiger partial charge >= 0.3 is 0 Å². The van der Waals surface area contributed by atoms with Crippen LogP contribution in [-0.4, -0.2) is 12.6 Å². The summed E-state index contributed by atoms with van der Waals surface area (Å²) < 4.78 is 32.3. The number of rotatable bonds is 6. The maximum atomic E-state index is 13.6. The van der Waals surface area contributed by atoms with Gasteiger partial charge in [-0.3, -0.25) is 11.3 Å². The highest BCUT2D eigenvalue weighted by molar-refractivity contribution is 6.30. The highest BCUT2D eigenvalue weighted by atomic mass is 35.5. The summed E-state index contributed by atoms with van der Waals surface area (Å²) in [7, 11) is 0. The molecule has 0 aliphatic rings. The van der Waals surface area contributed by atoms with Crippen molar-refractivity contribution >= 4 is 11.6 Å². The van der Waals surface area contributed by atoms with Crippen LogP contribution in [0.5, 0.6) is 5.75 Å². The molecule has 0 aromatic heterocycles. The Labute approximate surface area is 126 Å². The maximum Gasteiger partial charge on any atom is 0.126 e. The lowest BCUT2D eigenvalue weighted by molar-refractivity contribution is 0.263. The van der Waals surface area contributed by atoms with Gasteiger partial charge in [0, 0.05) is 5.02 Å². The number of benzene rings is 2. The first-order valence-corrected chi connectivity index (χ1v) is 6.74. The standard InChI is InChI=1S/C15H15ClF2N2O/c16-11-2-1-3-14(8-11)21-9-13(20-19)7-10-6-12(17)4-5-15(10)18/h1-6,8,13,20H,7,9,19H2. The zero-order valence-electron chi connectivity index (χ0n) is 11.2. The molecule has 1 atom stereocenters. The lowest BCUT2D eigenvalue weighted by atomic mass is 10.1. The average Bonchev–Trinajstić information content (AvgIpc) is 2.47. The van der Waals surface area contributed by atoms with Gasteiger partial charge in [0.25, 0.3) is 0 Å². The minimum atomic E-state index is -0.488. The third kappa shape index (κ3) is 4.67. The number of nitrogens with one attached hydrogen (secondary N) is 1. The molecule has 0 amide bonds. The molecule has 2 aromatic carbocycles. The molecule has 0 saturated carbocycles. The van der Waals surface area contributed by atoms with Gasteiger partial charge in [-0.1, -0.05) is 17.7 Å². The summed E-state index contributed by atoms with van der Waals surface area (Å²) in [4.78, 5) is 0. The van der Waals surface area contributed by atoms with Crippen molar-refractivity contribution in [2.75, 3.05) is 6.61 Å². The molecular weight excluding hydrogens is 298 g/mol. The normalized spacial score (nSPS) is 12.2. The first-order valence-electron chi connectivity index (χ1n) is 6.37. The summed E-state index contributed by atoms with van der Waals surface area (Å²) in [6.45, 7) is 0.201. The van der Waals surface area contributed by atoms with Crippen LogP contribution in [-0.2, 0) is 6.42 Å². The molecule has 0 saturated heterocycles. The summed E-state index contributed by atoms with van der Waals surface area (Å²) in [5.41, 5.74) is 2.78. The number of ether oxygens (including phenoxy) is 1. The second-order valence-corrected chi connectivity index (χ2v) is 5.01. The molecule has 112 valence electrons. The summed E-state index contributed by atoms with van der Waals surface area (Å²) in [5.74, 6) is 5.06. The topological polar surface area (TPSA) is 47.3 Å². The quantitative estimate of drug-likeness (QED) is 0.636. The predicted octanol–water partition coefficient (Wildman–Crippen LogP) is 3.07. The number of hydrazine groups is 1. The highest BCUT2D eigenvalue weighted by Crippen LogP contribution is 2.18. The Hall–Kier alpha value is -1.69. The van der Waals surface area contributed by atoms with Crippen molar-refractivity contribution in [1.29, 1.82) is 0 Å². The van der Waals surface area contributed by atoms with Gasteiger partial charge in [0.05, 0.1) is 6.04 Å². The smallest absolute Gasteiger partial charge is 0.126 e. The van der Waals surface area contributed by atoms with E-state index < -0.39 is 11.6 Å². The fourth-order valence-electron chi connectivity index (χ4n) is 1.88. The lowest BCUT2D eigenvalue weighted by Gasteiger charge is -2.17. The van der Waals surface area contributed by atoms with Crippen LogP contribution in [0.4, 0.5) is 8.78 Å². The Morgan fingerprint density at radius 3 is 2.71 bits per heavy atom. The van der Waals surface area contributed by atoms with E-state index >= 15 is 0 Å². The maximum absolute atomic E-state index is 13.6. The van der Waals surface area contributed by atoms with E-state index in [-0.39, 0.29) is 24.6 Å². The van der Waals surface area contributed by atoms with Crippen LogP contribution < -0.4 is 16.0 Å². The Morgan fingerprint density at radius 1 is 1.19 bits per heavy atom. The van der Waals surface area contributed by atoms with Crippen LogP contribution in [0.15, 0.2) is 42.5 Å². The van der Waals surface area contributed by atoms with Crippen molar-refractivity contribution in [3.05, 3.63) is 64.7 Å². The zero-order valence-corrected chi connectivity index (χ0v) is 11.9. The van der Waals surface area contributed by atoms with E-state index in [0.29, 0.717) is 10.8 Å². The minimum absolute atomic E-state index is 0.201. The van der Waals surface area contributed by atoms with Crippen LogP contribution in [0, 0.1) is 11.6 Å². The molecular formula is C15H15ClF2N2O. The summed E-state index contributed by atoms with van der Waals surface area (Å²) in [6, 6.07) is 9.87. The van der Waals surface area contributed by atoms with E-state index in [1.165, 1.54) is 0 Å². The molecule has 1 unspecified atom stereocenters. The highest BCUT2D eigenvalue weighted by Gasteiger charge is 2.13. The monoisotopic (exact) mass is 312 g/mol. The van der Waals surface area contributed by atoms with Crippen LogP contribution in [0.3, 0.4) is 0 Å². The molecule has 21 heavy (non-hydrogen) atoms. The molecule has 0 fully saturated rings. The van der Waals surface area contributed by atoms with Crippen molar-refractivity contribution < 1.29 is 13.5 Å². The van der Waals surface area contributed by atoms with E-state index in [1.807, 2.05) is 0 Å². The molecule has 2 aromatic rings. The second kappa shape index (κ2) is 7.36. The van der Waals surface area contributed by atoms with Crippen LogP contribution in [0.2, 0.25) is 5.02 Å². The molecule has 0 bridgehead atoms. The number of nitrogens with two attached hydrogens (primary N) is 1. The summed E-state index contributed by atoms with van der Waals surface area (Å²) in [6.07, 6.45) is 0.209. The molecule has 3 N–H and O–H groups in total. The minimum Gasteiger partial charge on any atom is -0.492 e. The fourth-order valence-corrected chi connectivity index (χ4v) is 2.07. The predicted molar refractivity (Wildman–Crippen MR) is 78.1 cm³/mol. The average molecular weight is 313 g/mol. The van der Waals surface area contributed by atoms with Crippen molar-refractivity contribution in [2.24, 2.45) is 5.84 Å². The van der Waals surface area contributed by atoms with Crippen molar-refractivity contribution in [3.63, 3.8) is 0 Å². The number of hydrogen-bond acceptors (Lipinski definition) is 3. The summed E-state index contributed by atoms with van der Waals surface area (Å²) in [5, 5.41) is 0.556. The summed E-state index contributed by atoms with van der Waals surface area (Å²) >= 11 is 5.85. The Bertz CT molecular complexity index is 610. The zero-order chi connectivity index (χ0) is 15.2. The molecule has 2 rings (SSSR count). The van der Waals surface area contributed by atoms with E-state index in [9.17, 15) is 8.78 Å². The molecule has 0 heterocycles. The largest absolute Gasteiger partial charge is 0.492 e. The Morgan fingerprint density at radius 2 is 2.00 bits per heavy atom. The lowest BCUT2D eigenvalue weighted by Crippen LogP contribution is -2.41. The first-order chi connectivity index (χ1) is 10.1. The van der Waals surface area contributed by atoms with Crippen LogP contribution in [0.1, 0.15) is 5.56 Å². The van der Waals surface area contributed by atoms with Gasteiger partial charge in [0.15, 0.2) is 0 Å². The second-order valence-electron chi connectivity index (χ2n) is 4.57. The van der Waals surface area contributed by atoms with Gasteiger partial charge in [-0.15, -0.1) is 0 Å². The van der Waals surface area contributed by atoms with Gasteiger partial charge in [0.2, 0.25) is 0 Å². The molecule has 0 spiro atoms. The number of hydrogen-bond donors (Lipinski definition) is 2. The van der Waals surface area contributed by atoms with Gasteiger partial charge in [0.1, 0.15) is 24.0 Å². The SMILES string of the molecule is NNC(COc1cccc(Cl)c1)Cc1cc(F)ccc1F. The van der Waals surface area contributed by atoms with Crippen molar-refractivity contribution in [1.82, 2.24) is 5.43 Å². The molecule has 3 nitrogen and oxygen atoms in total. The third-order valence-corrected chi connectivity index (χ3v) is 3.19. The van der Waals surface area contributed by atoms with E-state index in [4.69, 9.17) is 22.2 Å². The van der Waals surface area contributed by atoms with Gasteiger partial charge in [-0.05, 0) is 48.4 Å². The third-order valence-electron chi connectivity index (χ3n) is 2.96. The van der Waals surface area contributed by atoms with Crippen LogP contribution >= 0.6 is 11.6 Å². The molecule has 6 heteroatoms. The van der Waals surface area contributed by atoms with E-state index in [2.05, 4.69) is 5.43 Å². The number of halogens is 3. The molecule has 0 radical (unpaired) electrons. The van der Waals surface area contributed by atoms with Crippen LogP contribution in [0.25, 0.3) is 0 Å². The Kier molecular flexibility index (Phi) is 5.50. The Balaban J connectivity index is 1.98. The first kappa shape index (κ1) is 15.7. The van der Waals surface area contributed by atoms with Gasteiger partial charge in [-0.2, -0.15) is 0 Å². The van der Waals surface area contributed by atoms with Gasteiger partial charge < -0.3 is 4.74 Å². The van der Waals surface area contributed by atoms with E-state index in [0.717, 1.165) is 18.2 Å².